The third-order valence-electron chi connectivity index (χ3n) is 7.31. The molecule has 1 aromatic heterocycles. The second-order valence-corrected chi connectivity index (χ2v) is 10.4. The van der Waals surface area contributed by atoms with E-state index in [1.165, 1.54) is 32.1 Å². The largest absolute Gasteiger partial charge is 0.480 e. The first-order valence-electron chi connectivity index (χ1n) is 11.0. The van der Waals surface area contributed by atoms with E-state index in [0.29, 0.717) is 11.6 Å². The molecule has 0 unspecified atom stereocenters. The van der Waals surface area contributed by atoms with E-state index in [1.54, 1.807) is 6.92 Å². The highest BCUT2D eigenvalue weighted by molar-refractivity contribution is 7.18. The van der Waals surface area contributed by atoms with Gasteiger partial charge in [-0.15, -0.1) is 11.3 Å². The summed E-state index contributed by atoms with van der Waals surface area (Å²) in [5, 5.41) is 22.3. The smallest absolute Gasteiger partial charge is 0.349 e. The highest BCUT2D eigenvalue weighted by Crippen LogP contribution is 2.54. The first-order chi connectivity index (χ1) is 14.9. The minimum atomic E-state index is -1.13. The van der Waals surface area contributed by atoms with E-state index in [0.717, 1.165) is 51.1 Å². The van der Waals surface area contributed by atoms with Gasteiger partial charge in [0.05, 0.1) is 0 Å². The van der Waals surface area contributed by atoms with Crippen LogP contribution in [-0.2, 0) is 4.79 Å². The first kappa shape index (κ1) is 20.4. The van der Waals surface area contributed by atoms with Gasteiger partial charge < -0.3 is 20.3 Å². The number of benzene rings is 1. The Balaban J connectivity index is 1.41. The molecule has 0 aliphatic heterocycles. The Bertz CT molecular complexity index is 1000. The summed E-state index contributed by atoms with van der Waals surface area (Å²) in [4.78, 5) is 23.4. The summed E-state index contributed by atoms with van der Waals surface area (Å²) in [7, 11) is 0. The van der Waals surface area contributed by atoms with Crippen molar-refractivity contribution in [3.8, 4) is 16.2 Å². The lowest BCUT2D eigenvalue weighted by molar-refractivity contribution is -0.139. The predicted octanol–water partition coefficient (Wildman–Crippen LogP) is 5.12. The molecule has 2 aromatic rings. The van der Waals surface area contributed by atoms with E-state index in [4.69, 9.17) is 9.84 Å². The van der Waals surface area contributed by atoms with Crippen LogP contribution in [0.25, 0.3) is 10.4 Å². The standard InChI is InChI=1S/C24H27NO5S/c1-12-21(30-11-19(26)27)23(24(28)29)31-22(12)15-3-2-4-18(10-15)25-20-16-6-13-5-14(8-16)9-17(20)7-13/h2-4,10,13-14,16-17,20,25H,5-9,11H2,1H3,(H,26,27)(H,28,29). The molecule has 4 aliphatic carbocycles. The van der Waals surface area contributed by atoms with Crippen LogP contribution in [0.5, 0.6) is 5.75 Å². The normalized spacial score (nSPS) is 28.5. The molecule has 3 N–H and O–H groups in total. The molecule has 4 bridgehead atoms. The maximum atomic E-state index is 11.7. The van der Waals surface area contributed by atoms with Crippen molar-refractivity contribution >= 4 is 29.0 Å². The van der Waals surface area contributed by atoms with Crippen LogP contribution in [0, 0.1) is 30.6 Å². The minimum absolute atomic E-state index is 0.0353. The molecule has 1 heterocycles. The third-order valence-corrected chi connectivity index (χ3v) is 8.62. The van der Waals surface area contributed by atoms with E-state index in [2.05, 4.69) is 17.4 Å². The van der Waals surface area contributed by atoms with Gasteiger partial charge in [-0.25, -0.2) is 9.59 Å². The summed E-state index contributed by atoms with van der Waals surface area (Å²) in [6.07, 6.45) is 6.83. The molecule has 0 atom stereocenters. The lowest BCUT2D eigenvalue weighted by Gasteiger charge is -2.54. The highest BCUT2D eigenvalue weighted by Gasteiger charge is 2.48. The molecule has 4 aliphatic rings. The molecule has 4 fully saturated rings. The number of thiophene rings is 1. The van der Waals surface area contributed by atoms with Crippen molar-refractivity contribution in [2.75, 3.05) is 11.9 Å². The average Bonchev–Trinajstić information content (AvgIpc) is 3.05. The Labute approximate surface area is 185 Å². The molecule has 6 rings (SSSR count). The fourth-order valence-electron chi connectivity index (χ4n) is 6.33. The zero-order valence-corrected chi connectivity index (χ0v) is 18.3. The lowest BCUT2D eigenvalue weighted by Crippen LogP contribution is -2.51. The maximum absolute atomic E-state index is 11.7. The monoisotopic (exact) mass is 441 g/mol. The first-order valence-corrected chi connectivity index (χ1v) is 11.8. The molecule has 0 spiro atoms. The van der Waals surface area contributed by atoms with Gasteiger partial charge in [0.1, 0.15) is 5.75 Å². The number of aromatic carboxylic acids is 1. The summed E-state index contributed by atoms with van der Waals surface area (Å²) in [6.45, 7) is 1.22. The Kier molecular flexibility index (Phi) is 5.16. The molecule has 0 radical (unpaired) electrons. The van der Waals surface area contributed by atoms with Crippen molar-refractivity contribution in [2.24, 2.45) is 23.7 Å². The van der Waals surface area contributed by atoms with Gasteiger partial charge in [-0.1, -0.05) is 12.1 Å². The molecule has 31 heavy (non-hydrogen) atoms. The van der Waals surface area contributed by atoms with Crippen LogP contribution in [0.1, 0.15) is 47.3 Å². The maximum Gasteiger partial charge on any atom is 0.349 e. The Morgan fingerprint density at radius 1 is 1.10 bits per heavy atom. The number of aliphatic carboxylic acids is 1. The van der Waals surface area contributed by atoms with Gasteiger partial charge in [0, 0.05) is 22.2 Å². The minimum Gasteiger partial charge on any atom is -0.480 e. The highest BCUT2D eigenvalue weighted by atomic mass is 32.1. The number of rotatable bonds is 7. The van der Waals surface area contributed by atoms with Crippen molar-refractivity contribution in [1.29, 1.82) is 0 Å². The van der Waals surface area contributed by atoms with Gasteiger partial charge in [-0.05, 0) is 80.4 Å². The number of hydrogen-bond donors (Lipinski definition) is 3. The summed E-state index contributed by atoms with van der Waals surface area (Å²) >= 11 is 1.13. The van der Waals surface area contributed by atoms with E-state index < -0.39 is 18.5 Å². The van der Waals surface area contributed by atoms with Gasteiger partial charge in [-0.3, -0.25) is 0 Å². The van der Waals surface area contributed by atoms with Gasteiger partial charge in [0.15, 0.2) is 11.5 Å². The summed E-state index contributed by atoms with van der Waals surface area (Å²) in [6, 6.07) is 8.64. The second kappa shape index (κ2) is 7.86. The van der Waals surface area contributed by atoms with Crippen molar-refractivity contribution < 1.29 is 24.5 Å². The molecular formula is C24H27NO5S. The number of carbonyl (C=O) groups is 2. The quantitative estimate of drug-likeness (QED) is 0.552. The molecule has 0 saturated heterocycles. The van der Waals surface area contributed by atoms with Crippen LogP contribution >= 0.6 is 11.3 Å². The van der Waals surface area contributed by atoms with Crippen molar-refractivity contribution in [1.82, 2.24) is 0 Å². The van der Waals surface area contributed by atoms with Gasteiger partial charge >= 0.3 is 11.9 Å². The zero-order chi connectivity index (χ0) is 21.7. The number of carboxylic acids is 2. The van der Waals surface area contributed by atoms with Gasteiger partial charge in [0.2, 0.25) is 0 Å². The number of anilines is 1. The van der Waals surface area contributed by atoms with E-state index >= 15 is 0 Å². The van der Waals surface area contributed by atoms with Crippen LogP contribution in [-0.4, -0.2) is 34.8 Å². The molecule has 1 aromatic carbocycles. The lowest BCUT2D eigenvalue weighted by atomic mass is 9.54. The van der Waals surface area contributed by atoms with Crippen molar-refractivity contribution in [2.45, 2.75) is 45.1 Å². The van der Waals surface area contributed by atoms with Crippen molar-refractivity contribution in [3.05, 3.63) is 34.7 Å². The molecular weight excluding hydrogens is 414 g/mol. The Hall–Kier alpha value is -2.54. The Morgan fingerprint density at radius 2 is 1.77 bits per heavy atom. The SMILES string of the molecule is Cc1c(-c2cccc(NC3C4CC5CC(C4)CC3C5)c2)sc(C(=O)O)c1OCC(=O)O. The molecule has 7 heteroatoms. The number of hydrogen-bond acceptors (Lipinski definition) is 5. The molecule has 6 nitrogen and oxygen atoms in total. The number of carboxylic acid groups (broad SMARTS) is 2. The summed E-state index contributed by atoms with van der Waals surface area (Å²) in [5.41, 5.74) is 2.65. The van der Waals surface area contributed by atoms with E-state index in [9.17, 15) is 14.7 Å². The summed E-state index contributed by atoms with van der Waals surface area (Å²) in [5.74, 6) is 1.29. The second-order valence-electron chi connectivity index (χ2n) is 9.38. The number of nitrogens with one attached hydrogen (secondary N) is 1. The Morgan fingerprint density at radius 3 is 2.39 bits per heavy atom. The van der Waals surface area contributed by atoms with E-state index in [-0.39, 0.29) is 10.6 Å². The van der Waals surface area contributed by atoms with Crippen LogP contribution in [0.15, 0.2) is 24.3 Å². The van der Waals surface area contributed by atoms with E-state index in [1.807, 2.05) is 12.1 Å². The predicted molar refractivity (Wildman–Crippen MR) is 119 cm³/mol. The van der Waals surface area contributed by atoms with Crippen LogP contribution in [0.4, 0.5) is 5.69 Å². The van der Waals surface area contributed by atoms with Gasteiger partial charge in [-0.2, -0.15) is 0 Å². The van der Waals surface area contributed by atoms with Gasteiger partial charge in [0.25, 0.3) is 0 Å². The van der Waals surface area contributed by atoms with Crippen LogP contribution in [0.3, 0.4) is 0 Å². The third kappa shape index (κ3) is 3.80. The molecule has 0 amide bonds. The fourth-order valence-corrected chi connectivity index (χ4v) is 7.41. The molecule has 4 saturated carbocycles. The average molecular weight is 442 g/mol. The van der Waals surface area contributed by atoms with Crippen molar-refractivity contribution in [3.63, 3.8) is 0 Å². The topological polar surface area (TPSA) is 95.9 Å². The zero-order valence-electron chi connectivity index (χ0n) is 17.5. The van der Waals surface area contributed by atoms with Crippen LogP contribution < -0.4 is 10.1 Å². The summed E-state index contributed by atoms with van der Waals surface area (Å²) < 4.78 is 5.32. The molecule has 164 valence electrons. The number of ether oxygens (including phenoxy) is 1. The van der Waals surface area contributed by atoms with Crippen LogP contribution in [0.2, 0.25) is 0 Å². The fraction of sp³-hybridized carbons (Fsp3) is 0.500.